The molecule has 7 nitrogen and oxygen atoms in total. The molecule has 2 N–H and O–H groups in total. The Morgan fingerprint density at radius 2 is 2.35 bits per heavy atom. The normalized spacial score (nSPS) is 12.4. The minimum Gasteiger partial charge on any atom is -0.464 e. The van der Waals surface area contributed by atoms with Crippen LogP contribution in [0.5, 0.6) is 0 Å². The van der Waals surface area contributed by atoms with Crippen LogP contribution < -0.4 is 5.32 Å². The highest BCUT2D eigenvalue weighted by molar-refractivity contribution is 5.56. The lowest BCUT2D eigenvalue weighted by atomic mass is 10.2. The van der Waals surface area contributed by atoms with E-state index in [4.69, 9.17) is 4.42 Å². The van der Waals surface area contributed by atoms with E-state index in [0.29, 0.717) is 5.69 Å². The van der Waals surface area contributed by atoms with E-state index in [2.05, 4.69) is 15.5 Å². The van der Waals surface area contributed by atoms with Gasteiger partial charge in [0.2, 0.25) is 0 Å². The van der Waals surface area contributed by atoms with Gasteiger partial charge in [-0.2, -0.15) is 0 Å². The third-order valence-electron chi connectivity index (χ3n) is 2.36. The first kappa shape index (κ1) is 11.2. The Bertz CT molecular complexity index is 531. The van der Waals surface area contributed by atoms with Crippen molar-refractivity contribution in [3.8, 4) is 0 Å². The van der Waals surface area contributed by atoms with Gasteiger partial charge < -0.3 is 19.8 Å². The van der Waals surface area contributed by atoms with Crippen LogP contribution in [-0.2, 0) is 0 Å². The summed E-state index contributed by atoms with van der Waals surface area (Å²) in [5, 5.41) is 19.6. The van der Waals surface area contributed by atoms with Gasteiger partial charge in [0, 0.05) is 0 Å². The summed E-state index contributed by atoms with van der Waals surface area (Å²) in [4.78, 5) is 10.2. The van der Waals surface area contributed by atoms with Crippen LogP contribution in [0.3, 0.4) is 0 Å². The largest absolute Gasteiger partial charge is 0.464 e. The molecule has 2 heterocycles. The second kappa shape index (κ2) is 4.28. The number of nitro groups is 1. The average Bonchev–Trinajstić information content (AvgIpc) is 2.86. The van der Waals surface area contributed by atoms with Gasteiger partial charge in [-0.25, -0.2) is 0 Å². The highest BCUT2D eigenvalue weighted by atomic mass is 16.6. The fourth-order valence-corrected chi connectivity index (χ4v) is 1.51. The number of aryl methyl sites for hydroxylation is 1. The predicted molar refractivity (Wildman–Crippen MR) is 60.7 cm³/mol. The Labute approximate surface area is 97.0 Å². The fourth-order valence-electron chi connectivity index (χ4n) is 1.51. The Balaban J connectivity index is 2.15. The fraction of sp³-hybridized carbons (Fsp3) is 0.300. The summed E-state index contributed by atoms with van der Waals surface area (Å²) in [5.41, 5.74) is 0.344. The molecule has 90 valence electrons. The van der Waals surface area contributed by atoms with Crippen LogP contribution in [0.2, 0.25) is 0 Å². The van der Waals surface area contributed by atoms with Crippen molar-refractivity contribution in [3.05, 3.63) is 40.0 Å². The van der Waals surface area contributed by atoms with E-state index in [1.807, 2.05) is 26.0 Å². The van der Waals surface area contributed by atoms with Gasteiger partial charge in [-0.1, -0.05) is 5.10 Å². The number of aromatic nitrogens is 2. The number of hydrogen-bond donors (Lipinski definition) is 2. The van der Waals surface area contributed by atoms with Crippen LogP contribution in [0.15, 0.2) is 22.7 Å². The summed E-state index contributed by atoms with van der Waals surface area (Å²) in [5.74, 6) is 1.37. The summed E-state index contributed by atoms with van der Waals surface area (Å²) in [6, 6.07) is 3.51. The molecule has 0 aliphatic rings. The molecular formula is C10H12N4O3. The molecule has 0 aliphatic heterocycles. The zero-order chi connectivity index (χ0) is 12.4. The van der Waals surface area contributed by atoms with E-state index in [0.717, 1.165) is 11.5 Å². The lowest BCUT2D eigenvalue weighted by molar-refractivity contribution is -0.388. The first-order valence-corrected chi connectivity index (χ1v) is 5.08. The van der Waals surface area contributed by atoms with E-state index in [9.17, 15) is 10.1 Å². The van der Waals surface area contributed by atoms with Crippen molar-refractivity contribution in [2.75, 3.05) is 5.32 Å². The monoisotopic (exact) mass is 236 g/mol. The van der Waals surface area contributed by atoms with Gasteiger partial charge in [-0.3, -0.25) is 0 Å². The second-order valence-electron chi connectivity index (χ2n) is 3.70. The number of hydrogen-bond acceptors (Lipinski definition) is 5. The van der Waals surface area contributed by atoms with Gasteiger partial charge in [-0.05, 0) is 30.9 Å². The van der Waals surface area contributed by atoms with Gasteiger partial charge >= 0.3 is 5.82 Å². The van der Waals surface area contributed by atoms with Gasteiger partial charge in [0.05, 0.1) is 6.04 Å². The van der Waals surface area contributed by atoms with E-state index in [1.54, 1.807) is 0 Å². The van der Waals surface area contributed by atoms with Crippen molar-refractivity contribution < 1.29 is 9.34 Å². The van der Waals surface area contributed by atoms with Crippen LogP contribution in [0.25, 0.3) is 0 Å². The molecule has 1 atom stereocenters. The minimum absolute atomic E-state index is 0.153. The van der Waals surface area contributed by atoms with Crippen molar-refractivity contribution in [1.82, 2.24) is 10.2 Å². The van der Waals surface area contributed by atoms with Gasteiger partial charge in [0.25, 0.3) is 0 Å². The predicted octanol–water partition coefficient (Wildman–Crippen LogP) is 2.39. The molecule has 2 aromatic rings. The van der Waals surface area contributed by atoms with Gasteiger partial charge in [0.1, 0.15) is 17.7 Å². The summed E-state index contributed by atoms with van der Waals surface area (Å²) in [6.45, 7) is 3.70. The molecular weight excluding hydrogens is 224 g/mol. The van der Waals surface area contributed by atoms with Crippen LogP contribution in [0.1, 0.15) is 24.5 Å². The summed E-state index contributed by atoms with van der Waals surface area (Å²) in [7, 11) is 0. The van der Waals surface area contributed by atoms with Crippen molar-refractivity contribution >= 4 is 11.5 Å². The third-order valence-corrected chi connectivity index (χ3v) is 2.36. The molecule has 0 fully saturated rings. The second-order valence-corrected chi connectivity index (χ2v) is 3.70. The Morgan fingerprint density at radius 3 is 2.94 bits per heavy atom. The van der Waals surface area contributed by atoms with E-state index in [-0.39, 0.29) is 11.9 Å². The summed E-state index contributed by atoms with van der Waals surface area (Å²) in [6.07, 6.45) is 1.38. The number of furan rings is 1. The zero-order valence-electron chi connectivity index (χ0n) is 9.43. The quantitative estimate of drug-likeness (QED) is 0.627. The van der Waals surface area contributed by atoms with Crippen LogP contribution in [0, 0.1) is 17.0 Å². The van der Waals surface area contributed by atoms with Crippen LogP contribution >= 0.6 is 0 Å². The van der Waals surface area contributed by atoms with Crippen molar-refractivity contribution in [2.45, 2.75) is 19.9 Å². The Kier molecular flexibility index (Phi) is 2.82. The summed E-state index contributed by atoms with van der Waals surface area (Å²) >= 11 is 0. The number of H-pyrrole nitrogens is 1. The molecule has 0 aromatic carbocycles. The number of aromatic amines is 1. The number of anilines is 1. The average molecular weight is 236 g/mol. The molecule has 0 amide bonds. The molecule has 0 bridgehead atoms. The summed E-state index contributed by atoms with van der Waals surface area (Å²) < 4.78 is 5.43. The van der Waals surface area contributed by atoms with E-state index >= 15 is 0 Å². The molecule has 1 unspecified atom stereocenters. The molecule has 0 saturated heterocycles. The van der Waals surface area contributed by atoms with Gasteiger partial charge in [-0.15, -0.1) is 5.10 Å². The smallest absolute Gasteiger partial charge is 0.366 e. The lowest BCUT2D eigenvalue weighted by Crippen LogP contribution is -2.06. The molecule has 0 aliphatic carbocycles. The minimum atomic E-state index is -0.518. The van der Waals surface area contributed by atoms with Crippen LogP contribution in [0.4, 0.5) is 11.5 Å². The molecule has 2 rings (SSSR count). The molecule has 17 heavy (non-hydrogen) atoms. The Morgan fingerprint density at radius 1 is 1.59 bits per heavy atom. The molecule has 2 aromatic heterocycles. The Hall–Kier alpha value is -2.31. The molecule has 0 spiro atoms. The third kappa shape index (κ3) is 2.27. The topological polar surface area (TPSA) is 97.0 Å². The van der Waals surface area contributed by atoms with Crippen LogP contribution in [-0.4, -0.2) is 15.1 Å². The SMILES string of the molecule is Cc1ccc(C(C)Nc2cn[nH]c2[N+](=O)[O-])o1. The van der Waals surface area contributed by atoms with Gasteiger partial charge in [0.15, 0.2) is 5.69 Å². The van der Waals surface area contributed by atoms with Crippen molar-refractivity contribution in [2.24, 2.45) is 0 Å². The standard InChI is InChI=1S/C10H12N4O3/c1-6-3-4-9(17-6)7(2)12-8-5-11-13-10(8)14(15)16/h3-5,7,12H,1-2H3,(H,11,13). The van der Waals surface area contributed by atoms with E-state index in [1.165, 1.54) is 6.20 Å². The maximum atomic E-state index is 10.7. The maximum absolute atomic E-state index is 10.7. The lowest BCUT2D eigenvalue weighted by Gasteiger charge is -2.10. The number of rotatable bonds is 4. The first-order chi connectivity index (χ1) is 8.08. The highest BCUT2D eigenvalue weighted by Gasteiger charge is 2.18. The highest BCUT2D eigenvalue weighted by Crippen LogP contribution is 2.26. The molecule has 0 radical (unpaired) electrons. The molecule has 7 heteroatoms. The zero-order valence-corrected chi connectivity index (χ0v) is 9.43. The first-order valence-electron chi connectivity index (χ1n) is 5.08. The number of nitrogens with zero attached hydrogens (tertiary/aromatic N) is 2. The van der Waals surface area contributed by atoms with E-state index < -0.39 is 4.92 Å². The van der Waals surface area contributed by atoms with Crippen molar-refractivity contribution in [3.63, 3.8) is 0 Å². The number of nitrogens with one attached hydrogen (secondary N) is 2. The molecule has 0 saturated carbocycles. The van der Waals surface area contributed by atoms with Crippen molar-refractivity contribution in [1.29, 1.82) is 0 Å². The maximum Gasteiger partial charge on any atom is 0.366 e.